The number of aromatic amines is 1. The molecule has 1 amide bonds. The number of ether oxygens (including phenoxy) is 1. The first-order valence-electron chi connectivity index (χ1n) is 13.0. The Labute approximate surface area is 228 Å². The third-order valence-corrected chi connectivity index (χ3v) is 7.11. The Morgan fingerprint density at radius 2 is 1.79 bits per heavy atom. The zero-order valence-corrected chi connectivity index (χ0v) is 22.5. The summed E-state index contributed by atoms with van der Waals surface area (Å²) in [5.41, 5.74) is 6.53. The van der Waals surface area contributed by atoms with Crippen LogP contribution in [0, 0.1) is 6.92 Å². The molecule has 5 rings (SSSR count). The number of carbonyl (C=O) groups is 2. The van der Waals surface area contributed by atoms with Crippen molar-refractivity contribution in [3.63, 3.8) is 0 Å². The van der Waals surface area contributed by atoms with Crippen LogP contribution in [0.2, 0.25) is 0 Å². The summed E-state index contributed by atoms with van der Waals surface area (Å²) in [6, 6.07) is 17.4. The number of nitrogens with zero attached hydrogens (tertiary/aromatic N) is 3. The fourth-order valence-corrected chi connectivity index (χ4v) is 4.66. The van der Waals surface area contributed by atoms with Crippen LogP contribution < -0.4 is 5.32 Å². The summed E-state index contributed by atoms with van der Waals surface area (Å²) in [4.78, 5) is 36.9. The minimum Gasteiger partial charge on any atom is -0.464 e. The highest BCUT2D eigenvalue weighted by molar-refractivity contribution is 6.04. The monoisotopic (exact) mass is 523 g/mol. The maximum atomic E-state index is 12.9. The predicted octanol–water partition coefficient (Wildman–Crippen LogP) is 4.83. The average molecular weight is 524 g/mol. The molecular weight excluding hydrogens is 490 g/mol. The van der Waals surface area contributed by atoms with Crippen molar-refractivity contribution in [1.29, 1.82) is 0 Å². The summed E-state index contributed by atoms with van der Waals surface area (Å²) >= 11 is 0. The van der Waals surface area contributed by atoms with Crippen molar-refractivity contribution in [2.75, 3.05) is 45.7 Å². The van der Waals surface area contributed by atoms with E-state index in [9.17, 15) is 9.59 Å². The minimum atomic E-state index is -0.429. The average Bonchev–Trinajstić information content (AvgIpc) is 3.38. The maximum absolute atomic E-state index is 12.9. The molecule has 1 aliphatic rings. The van der Waals surface area contributed by atoms with Crippen molar-refractivity contribution >= 4 is 40.7 Å². The highest BCUT2D eigenvalue weighted by atomic mass is 16.5. The van der Waals surface area contributed by atoms with E-state index in [1.54, 1.807) is 12.3 Å². The number of methoxy groups -OCH3 is 1. The number of H-pyrrole nitrogens is 1. The number of hydrogen-bond donors (Lipinski definition) is 2. The van der Waals surface area contributed by atoms with Crippen LogP contribution in [0.25, 0.3) is 23.2 Å². The Kier molecular flexibility index (Phi) is 7.86. The van der Waals surface area contributed by atoms with Crippen molar-refractivity contribution in [3.8, 4) is 0 Å². The Morgan fingerprint density at radius 3 is 2.54 bits per heavy atom. The summed E-state index contributed by atoms with van der Waals surface area (Å²) in [6.45, 7) is 7.24. The standard InChI is InChI=1S/C31H33N5O3/c1-21-4-11-27(33-30(37)24-8-5-22(6-9-24)20-36-14-12-35(2)13-15-36)17-25(21)10-7-23-16-26-18-28(31(38)39-3)34-29(26)32-19-23/h4-11,16-19H,12-15,20H2,1-3H3,(H,32,34)(H,33,37)/b10-7+. The van der Waals surface area contributed by atoms with Crippen molar-refractivity contribution < 1.29 is 14.3 Å². The van der Waals surface area contributed by atoms with Crippen LogP contribution in [-0.4, -0.2) is 72.0 Å². The Hall–Kier alpha value is -4.27. The van der Waals surface area contributed by atoms with Gasteiger partial charge in [0.25, 0.3) is 5.91 Å². The number of benzene rings is 2. The molecule has 2 aromatic heterocycles. The van der Waals surface area contributed by atoms with Gasteiger partial charge < -0.3 is 19.9 Å². The van der Waals surface area contributed by atoms with Gasteiger partial charge in [-0.15, -0.1) is 0 Å². The number of hydrogen-bond acceptors (Lipinski definition) is 6. The second-order valence-electron chi connectivity index (χ2n) is 10.0. The number of piperazine rings is 1. The van der Waals surface area contributed by atoms with Gasteiger partial charge in [0.2, 0.25) is 0 Å². The first kappa shape index (κ1) is 26.3. The SMILES string of the molecule is COC(=O)c1cc2cc(/C=C/c3cc(NC(=O)c4ccc(CN5CCN(C)CC5)cc4)ccc3C)cnc2[nH]1. The van der Waals surface area contributed by atoms with Gasteiger partial charge in [0.05, 0.1) is 7.11 Å². The van der Waals surface area contributed by atoms with E-state index in [1.165, 1.54) is 12.7 Å². The summed E-state index contributed by atoms with van der Waals surface area (Å²) in [7, 11) is 3.50. The van der Waals surface area contributed by atoms with Gasteiger partial charge in [-0.3, -0.25) is 9.69 Å². The lowest BCUT2D eigenvalue weighted by Gasteiger charge is -2.32. The van der Waals surface area contributed by atoms with Gasteiger partial charge in [-0.05, 0) is 72.6 Å². The number of nitrogens with one attached hydrogen (secondary N) is 2. The van der Waals surface area contributed by atoms with Crippen molar-refractivity contribution in [2.45, 2.75) is 13.5 Å². The molecule has 0 spiro atoms. The highest BCUT2D eigenvalue weighted by Gasteiger charge is 2.14. The number of carbonyl (C=O) groups excluding carboxylic acids is 2. The Bertz CT molecular complexity index is 1520. The Morgan fingerprint density at radius 1 is 1.03 bits per heavy atom. The molecular formula is C31H33N5O3. The van der Waals surface area contributed by atoms with Gasteiger partial charge in [-0.25, -0.2) is 9.78 Å². The molecule has 8 nitrogen and oxygen atoms in total. The number of aryl methyl sites for hydroxylation is 1. The molecule has 0 aliphatic carbocycles. The predicted molar refractivity (Wildman–Crippen MR) is 155 cm³/mol. The van der Waals surface area contributed by atoms with Crippen molar-refractivity contribution in [3.05, 3.63) is 94.3 Å². The number of anilines is 1. The molecule has 0 atom stereocenters. The molecule has 0 radical (unpaired) electrons. The van der Waals surface area contributed by atoms with E-state index in [0.29, 0.717) is 16.9 Å². The van der Waals surface area contributed by atoms with E-state index >= 15 is 0 Å². The van der Waals surface area contributed by atoms with E-state index in [-0.39, 0.29) is 5.91 Å². The lowest BCUT2D eigenvalue weighted by Crippen LogP contribution is -2.43. The fourth-order valence-electron chi connectivity index (χ4n) is 4.66. The maximum Gasteiger partial charge on any atom is 0.354 e. The minimum absolute atomic E-state index is 0.136. The molecule has 200 valence electrons. The number of pyridine rings is 1. The number of esters is 1. The summed E-state index contributed by atoms with van der Waals surface area (Å²) in [5, 5.41) is 3.85. The Balaban J connectivity index is 1.24. The van der Waals surface area contributed by atoms with Gasteiger partial charge >= 0.3 is 5.97 Å². The van der Waals surface area contributed by atoms with E-state index < -0.39 is 5.97 Å². The van der Waals surface area contributed by atoms with Crippen LogP contribution >= 0.6 is 0 Å². The number of rotatable bonds is 7. The second-order valence-corrected chi connectivity index (χ2v) is 10.0. The van der Waals surface area contributed by atoms with Gasteiger partial charge in [-0.2, -0.15) is 0 Å². The summed E-state index contributed by atoms with van der Waals surface area (Å²) in [5.74, 6) is -0.565. The molecule has 0 bridgehead atoms. The number of aromatic nitrogens is 2. The van der Waals surface area contributed by atoms with Crippen LogP contribution in [0.15, 0.2) is 60.8 Å². The van der Waals surface area contributed by atoms with Gasteiger partial charge in [0.1, 0.15) is 11.3 Å². The van der Waals surface area contributed by atoms with Gasteiger partial charge in [0, 0.05) is 55.6 Å². The molecule has 39 heavy (non-hydrogen) atoms. The number of likely N-dealkylation sites (N-methyl/N-ethyl adjacent to an activating group) is 1. The molecule has 8 heteroatoms. The van der Waals surface area contributed by atoms with Gasteiger partial charge in [0.15, 0.2) is 0 Å². The van der Waals surface area contributed by atoms with Crippen LogP contribution in [0.4, 0.5) is 5.69 Å². The van der Waals surface area contributed by atoms with E-state index in [1.807, 2.05) is 67.6 Å². The molecule has 0 saturated carbocycles. The normalized spacial score (nSPS) is 14.6. The molecule has 3 heterocycles. The van der Waals surface area contributed by atoms with E-state index in [0.717, 1.165) is 60.5 Å². The molecule has 0 unspecified atom stereocenters. The topological polar surface area (TPSA) is 90.6 Å². The molecule has 1 fully saturated rings. The highest BCUT2D eigenvalue weighted by Crippen LogP contribution is 2.21. The molecule has 2 aromatic carbocycles. The zero-order chi connectivity index (χ0) is 27.4. The van der Waals surface area contributed by atoms with E-state index in [4.69, 9.17) is 4.74 Å². The van der Waals surface area contributed by atoms with Crippen molar-refractivity contribution in [1.82, 2.24) is 19.8 Å². The zero-order valence-electron chi connectivity index (χ0n) is 22.5. The lowest BCUT2D eigenvalue weighted by atomic mass is 10.1. The number of amides is 1. The quantitative estimate of drug-likeness (QED) is 0.337. The van der Waals surface area contributed by atoms with Crippen LogP contribution in [0.3, 0.4) is 0 Å². The van der Waals surface area contributed by atoms with Crippen LogP contribution in [-0.2, 0) is 11.3 Å². The van der Waals surface area contributed by atoms with Gasteiger partial charge in [-0.1, -0.05) is 30.4 Å². The molecule has 1 aliphatic heterocycles. The third-order valence-electron chi connectivity index (χ3n) is 7.11. The van der Waals surface area contributed by atoms with Crippen LogP contribution in [0.1, 0.15) is 43.1 Å². The lowest BCUT2D eigenvalue weighted by molar-refractivity contribution is 0.0595. The summed E-state index contributed by atoms with van der Waals surface area (Å²) in [6.07, 6.45) is 5.70. The fraction of sp³-hybridized carbons (Fsp3) is 0.258. The smallest absolute Gasteiger partial charge is 0.354 e. The number of fused-ring (bicyclic) bond motifs is 1. The first-order chi connectivity index (χ1) is 18.9. The first-order valence-corrected chi connectivity index (χ1v) is 13.0. The van der Waals surface area contributed by atoms with Crippen molar-refractivity contribution in [2.24, 2.45) is 0 Å². The summed E-state index contributed by atoms with van der Waals surface area (Å²) < 4.78 is 4.77. The van der Waals surface area contributed by atoms with E-state index in [2.05, 4.69) is 32.1 Å². The molecule has 2 N–H and O–H groups in total. The van der Waals surface area contributed by atoms with Crippen LogP contribution in [0.5, 0.6) is 0 Å². The third kappa shape index (κ3) is 6.42. The second kappa shape index (κ2) is 11.6. The largest absolute Gasteiger partial charge is 0.464 e. The molecule has 1 saturated heterocycles. The molecule has 4 aromatic rings.